The predicted molar refractivity (Wildman–Crippen MR) is 130 cm³/mol. The van der Waals surface area contributed by atoms with Gasteiger partial charge in [-0.25, -0.2) is 0 Å². The number of rotatable bonds is 5. The van der Waals surface area contributed by atoms with E-state index in [1.807, 2.05) is 65.2 Å². The van der Waals surface area contributed by atoms with Crippen molar-refractivity contribution < 1.29 is 9.53 Å². The smallest absolute Gasteiger partial charge is 0.253 e. The van der Waals surface area contributed by atoms with E-state index in [4.69, 9.17) is 27.9 Å². The molecule has 2 aliphatic rings. The zero-order valence-corrected chi connectivity index (χ0v) is 20.4. The molecule has 3 nitrogen and oxygen atoms in total. The van der Waals surface area contributed by atoms with Gasteiger partial charge in [0.15, 0.2) is 0 Å². The summed E-state index contributed by atoms with van der Waals surface area (Å²) in [6.45, 7) is 6.68. The van der Waals surface area contributed by atoms with E-state index >= 15 is 0 Å². The maximum atomic E-state index is 13.3. The zero-order chi connectivity index (χ0) is 22.2. The highest BCUT2D eigenvalue weighted by molar-refractivity contribution is 8.00. The first kappa shape index (κ1) is 22.7. The fourth-order valence-corrected chi connectivity index (χ4v) is 5.09. The van der Waals surface area contributed by atoms with Gasteiger partial charge in [-0.2, -0.15) is 0 Å². The van der Waals surface area contributed by atoms with Crippen molar-refractivity contribution in [1.29, 1.82) is 0 Å². The van der Waals surface area contributed by atoms with Crippen LogP contribution in [0, 0.1) is 0 Å². The van der Waals surface area contributed by atoms with E-state index in [-0.39, 0.29) is 29.4 Å². The van der Waals surface area contributed by atoms with Gasteiger partial charge in [-0.05, 0) is 53.8 Å². The summed E-state index contributed by atoms with van der Waals surface area (Å²) < 4.78 is 6.25. The number of halogens is 2. The number of ether oxygens (including phenoxy) is 1. The lowest BCUT2D eigenvalue weighted by Gasteiger charge is -2.43. The van der Waals surface area contributed by atoms with Crippen LogP contribution in [-0.2, 0) is 9.53 Å². The first-order chi connectivity index (χ1) is 14.7. The van der Waals surface area contributed by atoms with Crippen molar-refractivity contribution in [3.8, 4) is 0 Å². The number of morpholine rings is 1. The quantitative estimate of drug-likeness (QED) is 0.457. The standard InChI is InChI=1S/C25H27Cl2NO2S/c1-25(2,3)31-15-21(16-7-8-16)28-22(29)14-30-24(18-5-4-6-20(27)13-18)23(28)17-9-11-19(26)12-10-17/h4-6,9-13,23-24H,7-8,14-15H2,1-3H3/t23?,24-/m1/s1. The Morgan fingerprint density at radius 1 is 1.06 bits per heavy atom. The van der Waals surface area contributed by atoms with Crippen molar-refractivity contribution in [3.63, 3.8) is 0 Å². The van der Waals surface area contributed by atoms with Gasteiger partial charge in [0.2, 0.25) is 0 Å². The van der Waals surface area contributed by atoms with Gasteiger partial charge in [-0.3, -0.25) is 4.79 Å². The largest absolute Gasteiger partial charge is 0.361 e. The van der Waals surface area contributed by atoms with E-state index in [1.165, 1.54) is 5.57 Å². The van der Waals surface area contributed by atoms with Gasteiger partial charge >= 0.3 is 0 Å². The molecule has 1 saturated heterocycles. The van der Waals surface area contributed by atoms with E-state index in [9.17, 15) is 4.79 Å². The number of carbonyl (C=O) groups excluding carboxylic acids is 1. The molecule has 6 heteroatoms. The zero-order valence-electron chi connectivity index (χ0n) is 18.0. The molecule has 0 bridgehead atoms. The van der Waals surface area contributed by atoms with Crippen LogP contribution in [0.5, 0.6) is 0 Å². The molecule has 164 valence electrons. The third kappa shape index (κ3) is 5.48. The van der Waals surface area contributed by atoms with Crippen molar-refractivity contribution in [2.75, 3.05) is 12.4 Å². The molecule has 1 saturated carbocycles. The molecule has 2 fully saturated rings. The summed E-state index contributed by atoms with van der Waals surface area (Å²) in [4.78, 5) is 15.3. The van der Waals surface area contributed by atoms with Crippen LogP contribution in [0.3, 0.4) is 0 Å². The molecule has 1 aliphatic carbocycles. The monoisotopic (exact) mass is 475 g/mol. The molecule has 1 aliphatic heterocycles. The van der Waals surface area contributed by atoms with Crippen molar-refractivity contribution in [3.05, 3.63) is 81.0 Å². The number of benzene rings is 2. The average Bonchev–Trinajstić information content (AvgIpc) is 3.54. The van der Waals surface area contributed by atoms with Crippen LogP contribution < -0.4 is 0 Å². The van der Waals surface area contributed by atoms with Crippen molar-refractivity contribution in [2.45, 2.75) is 50.5 Å². The highest BCUT2D eigenvalue weighted by Crippen LogP contribution is 2.46. The highest BCUT2D eigenvalue weighted by Gasteiger charge is 2.42. The van der Waals surface area contributed by atoms with E-state index < -0.39 is 0 Å². The van der Waals surface area contributed by atoms with Crippen molar-refractivity contribution >= 4 is 40.9 Å². The number of thioether (sulfide) groups is 1. The Morgan fingerprint density at radius 2 is 1.77 bits per heavy atom. The van der Waals surface area contributed by atoms with E-state index in [2.05, 4.69) is 20.8 Å². The molecule has 2 aromatic carbocycles. The van der Waals surface area contributed by atoms with Gasteiger partial charge in [0.25, 0.3) is 5.91 Å². The molecule has 1 heterocycles. The van der Waals surface area contributed by atoms with Gasteiger partial charge in [-0.1, -0.05) is 68.2 Å². The Bertz CT molecular complexity index is 991. The molecule has 1 unspecified atom stereocenters. The van der Waals surface area contributed by atoms with Crippen LogP contribution in [0.4, 0.5) is 0 Å². The molecule has 2 aromatic rings. The molecule has 0 spiro atoms. The van der Waals surface area contributed by atoms with Crippen LogP contribution in [0.15, 0.2) is 59.8 Å². The van der Waals surface area contributed by atoms with Crippen LogP contribution in [0.2, 0.25) is 10.0 Å². The predicted octanol–water partition coefficient (Wildman–Crippen LogP) is 7.21. The highest BCUT2D eigenvalue weighted by atomic mass is 35.5. The van der Waals surface area contributed by atoms with Crippen molar-refractivity contribution in [1.82, 2.24) is 4.90 Å². The molecule has 0 radical (unpaired) electrons. The second-order valence-electron chi connectivity index (χ2n) is 9.00. The SMILES string of the molecule is CC(C)(C)SCC(=C1CC1)N1C(=O)CO[C@H](c2cccc(Cl)c2)C1c1ccc(Cl)cc1. The summed E-state index contributed by atoms with van der Waals surface area (Å²) in [5.74, 6) is 0.804. The Kier molecular flexibility index (Phi) is 6.73. The minimum Gasteiger partial charge on any atom is -0.361 e. The Hall–Kier alpha value is -1.46. The first-order valence-electron chi connectivity index (χ1n) is 10.5. The lowest BCUT2D eigenvalue weighted by molar-refractivity contribution is -0.154. The topological polar surface area (TPSA) is 29.5 Å². The summed E-state index contributed by atoms with van der Waals surface area (Å²) in [5.41, 5.74) is 4.48. The van der Waals surface area contributed by atoms with Gasteiger partial charge in [0.05, 0.1) is 6.04 Å². The van der Waals surface area contributed by atoms with Gasteiger partial charge in [0.1, 0.15) is 12.7 Å². The minimum absolute atomic E-state index is 0.00198. The van der Waals surface area contributed by atoms with Gasteiger partial charge < -0.3 is 9.64 Å². The maximum Gasteiger partial charge on any atom is 0.253 e. The summed E-state index contributed by atoms with van der Waals surface area (Å²) in [7, 11) is 0. The van der Waals surface area contributed by atoms with Crippen LogP contribution in [0.25, 0.3) is 0 Å². The molecule has 2 atom stereocenters. The average molecular weight is 476 g/mol. The number of allylic oxidation sites excluding steroid dienone is 1. The number of hydrogen-bond acceptors (Lipinski definition) is 3. The fourth-order valence-electron chi connectivity index (χ4n) is 3.85. The second-order valence-corrected chi connectivity index (χ2v) is 11.7. The fraction of sp³-hybridized carbons (Fsp3) is 0.400. The third-order valence-electron chi connectivity index (χ3n) is 5.45. The second kappa shape index (κ2) is 9.19. The van der Waals surface area contributed by atoms with E-state index in [0.717, 1.165) is 35.4 Å². The Morgan fingerprint density at radius 3 is 2.39 bits per heavy atom. The number of hydrogen-bond donors (Lipinski definition) is 0. The molecule has 31 heavy (non-hydrogen) atoms. The van der Waals surface area contributed by atoms with E-state index in [1.54, 1.807) is 0 Å². The van der Waals surface area contributed by atoms with E-state index in [0.29, 0.717) is 10.0 Å². The summed E-state index contributed by atoms with van der Waals surface area (Å²) in [6, 6.07) is 15.2. The number of nitrogens with zero attached hydrogens (tertiary/aromatic N) is 1. The molecular formula is C25H27Cl2NO2S. The minimum atomic E-state index is -0.313. The van der Waals surface area contributed by atoms with Gasteiger partial charge in [-0.15, -0.1) is 11.8 Å². The molecular weight excluding hydrogens is 449 g/mol. The van der Waals surface area contributed by atoms with Crippen LogP contribution >= 0.6 is 35.0 Å². The van der Waals surface area contributed by atoms with Crippen LogP contribution in [0.1, 0.15) is 56.9 Å². The molecule has 4 rings (SSSR count). The molecule has 1 amide bonds. The Balaban J connectivity index is 1.79. The maximum absolute atomic E-state index is 13.3. The summed E-state index contributed by atoms with van der Waals surface area (Å²) in [5, 5.41) is 1.32. The third-order valence-corrected chi connectivity index (χ3v) is 7.22. The lowest BCUT2D eigenvalue weighted by atomic mass is 9.92. The Labute approximate surface area is 198 Å². The molecule has 0 aromatic heterocycles. The number of amides is 1. The summed E-state index contributed by atoms with van der Waals surface area (Å²) >= 11 is 14.3. The number of carbonyl (C=O) groups is 1. The normalized spacial score (nSPS) is 21.4. The molecule has 0 N–H and O–H groups in total. The summed E-state index contributed by atoms with van der Waals surface area (Å²) in [6.07, 6.45) is 1.80. The van der Waals surface area contributed by atoms with Crippen LogP contribution in [-0.4, -0.2) is 27.9 Å². The van der Waals surface area contributed by atoms with Crippen molar-refractivity contribution in [2.24, 2.45) is 0 Å². The van der Waals surface area contributed by atoms with Gasteiger partial charge in [0, 0.05) is 26.2 Å². The first-order valence-corrected chi connectivity index (χ1v) is 12.3. The lowest BCUT2D eigenvalue weighted by Crippen LogP contribution is -2.45.